The van der Waals surface area contributed by atoms with Gasteiger partial charge in [0.15, 0.2) is 0 Å². The number of aliphatic imine (C=N–C) groups is 2. The first-order chi connectivity index (χ1) is 17.3. The van der Waals surface area contributed by atoms with E-state index in [1.807, 2.05) is 18.2 Å². The smallest absolute Gasteiger partial charge is 0.127 e. The molecule has 0 aromatic heterocycles. The van der Waals surface area contributed by atoms with Crippen molar-refractivity contribution < 1.29 is 4.74 Å². The average Bonchev–Trinajstić information content (AvgIpc) is 3.29. The molecule has 0 aliphatic carbocycles. The zero-order valence-electron chi connectivity index (χ0n) is 21.5. The molecule has 0 saturated carbocycles. The molecule has 2 aliphatic rings. The van der Waals surface area contributed by atoms with Gasteiger partial charge in [-0.2, -0.15) is 0 Å². The number of rotatable bonds is 7. The fourth-order valence-electron chi connectivity index (χ4n) is 4.93. The van der Waals surface area contributed by atoms with Gasteiger partial charge >= 0.3 is 0 Å². The van der Waals surface area contributed by atoms with E-state index in [0.29, 0.717) is 6.61 Å². The summed E-state index contributed by atoms with van der Waals surface area (Å²) in [6.07, 6.45) is 10.3. The molecule has 0 bridgehead atoms. The fraction of sp³-hybridized carbons (Fsp3) is 0.212. The molecular formula is C33H32N2O. The van der Waals surface area contributed by atoms with Crippen molar-refractivity contribution in [3.05, 3.63) is 114 Å². The van der Waals surface area contributed by atoms with Gasteiger partial charge in [0, 0.05) is 16.4 Å². The number of hydrogen-bond acceptors (Lipinski definition) is 3. The lowest BCUT2D eigenvalue weighted by atomic mass is 9.81. The maximum atomic E-state index is 5.97. The third-order valence-corrected chi connectivity index (χ3v) is 7.16. The maximum absolute atomic E-state index is 5.97. The van der Waals surface area contributed by atoms with Crippen LogP contribution in [0.2, 0.25) is 0 Å². The van der Waals surface area contributed by atoms with Gasteiger partial charge in [0.2, 0.25) is 0 Å². The van der Waals surface area contributed by atoms with Gasteiger partial charge in [0.25, 0.3) is 0 Å². The predicted octanol–water partition coefficient (Wildman–Crippen LogP) is 8.41. The first-order valence-corrected chi connectivity index (χ1v) is 12.4. The number of hydrogen-bond donors (Lipinski definition) is 0. The summed E-state index contributed by atoms with van der Waals surface area (Å²) in [5.41, 5.74) is 8.55. The molecule has 3 aromatic rings. The number of allylic oxidation sites excluding steroid dienone is 2. The third kappa shape index (κ3) is 4.26. The van der Waals surface area contributed by atoms with Gasteiger partial charge in [0.05, 0.1) is 22.8 Å². The largest absolute Gasteiger partial charge is 0.489 e. The van der Waals surface area contributed by atoms with Crippen LogP contribution in [0.3, 0.4) is 0 Å². The lowest BCUT2D eigenvalue weighted by molar-refractivity contribution is 0.362. The lowest BCUT2D eigenvalue weighted by Gasteiger charge is -2.20. The highest BCUT2D eigenvalue weighted by molar-refractivity contribution is 6.11. The second kappa shape index (κ2) is 9.23. The Bertz CT molecular complexity index is 1450. The molecule has 5 rings (SSSR count). The standard InChI is InChI=1S/C33H32N2O/c1-6-21-36-29-18-15-23(16-19-30-32(2,3)25-11-7-9-13-27(25)34-30)22-24(29)17-20-31-33(4,5)26-12-8-10-14-28(26)35-31/h6-20,22H,1,21H2,2-5H3/b19-16+,20-17+. The Balaban J connectivity index is 1.44. The van der Waals surface area contributed by atoms with Crippen molar-refractivity contribution in [1.29, 1.82) is 0 Å². The van der Waals surface area contributed by atoms with Gasteiger partial charge in [-0.1, -0.05) is 88.9 Å². The molecule has 2 heterocycles. The molecule has 0 unspecified atom stereocenters. The Labute approximate surface area is 214 Å². The van der Waals surface area contributed by atoms with Crippen LogP contribution in [-0.2, 0) is 10.8 Å². The summed E-state index contributed by atoms with van der Waals surface area (Å²) >= 11 is 0. The Kier molecular flexibility index (Phi) is 6.09. The van der Waals surface area contributed by atoms with Gasteiger partial charge in [-0.25, -0.2) is 0 Å². The molecule has 0 spiro atoms. The van der Waals surface area contributed by atoms with Crippen molar-refractivity contribution >= 4 is 35.0 Å². The highest BCUT2D eigenvalue weighted by Gasteiger charge is 2.34. The zero-order chi connectivity index (χ0) is 25.3. The molecule has 36 heavy (non-hydrogen) atoms. The molecule has 0 fully saturated rings. The predicted molar refractivity (Wildman–Crippen MR) is 153 cm³/mol. The molecule has 0 radical (unpaired) electrons. The number of para-hydroxylation sites is 2. The van der Waals surface area contributed by atoms with E-state index in [0.717, 1.165) is 39.7 Å². The summed E-state index contributed by atoms with van der Waals surface area (Å²) < 4.78 is 5.97. The molecule has 2 aliphatic heterocycles. The number of benzene rings is 3. The molecule has 0 amide bonds. The van der Waals surface area contributed by atoms with Crippen molar-refractivity contribution in [3.63, 3.8) is 0 Å². The van der Waals surface area contributed by atoms with Crippen molar-refractivity contribution in [2.75, 3.05) is 6.61 Å². The lowest BCUT2D eigenvalue weighted by Crippen LogP contribution is -2.23. The number of fused-ring (bicyclic) bond motifs is 2. The van der Waals surface area contributed by atoms with E-state index in [9.17, 15) is 0 Å². The fourth-order valence-corrected chi connectivity index (χ4v) is 4.93. The average molecular weight is 473 g/mol. The van der Waals surface area contributed by atoms with Crippen LogP contribution < -0.4 is 4.74 Å². The van der Waals surface area contributed by atoms with E-state index in [1.165, 1.54) is 11.1 Å². The van der Waals surface area contributed by atoms with E-state index in [1.54, 1.807) is 6.08 Å². The SMILES string of the molecule is C=CCOc1ccc(/C=C/C2=Nc3ccccc3C2(C)C)cc1/C=C/C1=Nc2ccccc2C1(C)C. The van der Waals surface area contributed by atoms with Gasteiger partial charge in [-0.15, -0.1) is 0 Å². The zero-order valence-corrected chi connectivity index (χ0v) is 21.5. The molecule has 0 saturated heterocycles. The summed E-state index contributed by atoms with van der Waals surface area (Å²) in [5.74, 6) is 0.822. The van der Waals surface area contributed by atoms with Crippen LogP contribution in [0.5, 0.6) is 5.75 Å². The Morgan fingerprint density at radius 3 is 1.83 bits per heavy atom. The van der Waals surface area contributed by atoms with E-state index in [4.69, 9.17) is 14.7 Å². The van der Waals surface area contributed by atoms with Crippen LogP contribution in [-0.4, -0.2) is 18.0 Å². The van der Waals surface area contributed by atoms with Gasteiger partial charge in [-0.05, 0) is 59.2 Å². The number of nitrogens with zero attached hydrogens (tertiary/aromatic N) is 2. The minimum Gasteiger partial charge on any atom is -0.489 e. The van der Waals surface area contributed by atoms with Gasteiger partial charge < -0.3 is 4.74 Å². The minimum absolute atomic E-state index is 0.121. The second-order valence-electron chi connectivity index (χ2n) is 10.3. The van der Waals surface area contributed by atoms with Crippen LogP contribution in [0.4, 0.5) is 11.4 Å². The quantitative estimate of drug-likeness (QED) is 0.318. The van der Waals surface area contributed by atoms with Crippen LogP contribution in [0.1, 0.15) is 49.9 Å². The molecule has 180 valence electrons. The van der Waals surface area contributed by atoms with E-state index >= 15 is 0 Å². The monoisotopic (exact) mass is 472 g/mol. The molecule has 3 heteroatoms. The van der Waals surface area contributed by atoms with Crippen molar-refractivity contribution in [3.8, 4) is 5.75 Å². The second-order valence-corrected chi connectivity index (χ2v) is 10.3. The summed E-state index contributed by atoms with van der Waals surface area (Å²) in [4.78, 5) is 9.79. The van der Waals surface area contributed by atoms with E-state index < -0.39 is 0 Å². The third-order valence-electron chi connectivity index (χ3n) is 7.16. The summed E-state index contributed by atoms with van der Waals surface area (Å²) in [5, 5.41) is 0. The number of ether oxygens (including phenoxy) is 1. The normalized spacial score (nSPS) is 17.1. The van der Waals surface area contributed by atoms with Crippen LogP contribution in [0.15, 0.2) is 102 Å². The minimum atomic E-state index is -0.145. The van der Waals surface area contributed by atoms with E-state index in [-0.39, 0.29) is 10.8 Å². The molecule has 3 nitrogen and oxygen atoms in total. The maximum Gasteiger partial charge on any atom is 0.127 e. The highest BCUT2D eigenvalue weighted by Crippen LogP contribution is 2.41. The molecular weight excluding hydrogens is 440 g/mol. The Morgan fingerprint density at radius 2 is 1.28 bits per heavy atom. The molecule has 0 N–H and O–H groups in total. The van der Waals surface area contributed by atoms with Gasteiger partial charge in [0.1, 0.15) is 12.4 Å². The topological polar surface area (TPSA) is 34.0 Å². The Hall–Kier alpha value is -3.98. The van der Waals surface area contributed by atoms with Crippen LogP contribution >= 0.6 is 0 Å². The summed E-state index contributed by atoms with van der Waals surface area (Å²) in [6, 6.07) is 23.0. The van der Waals surface area contributed by atoms with Crippen molar-refractivity contribution in [2.45, 2.75) is 38.5 Å². The van der Waals surface area contributed by atoms with E-state index in [2.05, 4.69) is 107 Å². The first-order valence-electron chi connectivity index (χ1n) is 12.4. The molecule has 3 aromatic carbocycles. The van der Waals surface area contributed by atoms with Crippen LogP contribution in [0, 0.1) is 0 Å². The van der Waals surface area contributed by atoms with Gasteiger partial charge in [-0.3, -0.25) is 9.98 Å². The van der Waals surface area contributed by atoms with Crippen molar-refractivity contribution in [2.24, 2.45) is 9.98 Å². The summed E-state index contributed by atoms with van der Waals surface area (Å²) in [7, 11) is 0. The Morgan fingerprint density at radius 1 is 0.722 bits per heavy atom. The van der Waals surface area contributed by atoms with Crippen LogP contribution in [0.25, 0.3) is 12.2 Å². The highest BCUT2D eigenvalue weighted by atomic mass is 16.5. The molecule has 0 atom stereocenters. The van der Waals surface area contributed by atoms with Crippen molar-refractivity contribution in [1.82, 2.24) is 0 Å². The summed E-state index contributed by atoms with van der Waals surface area (Å²) in [6.45, 7) is 13.1. The first kappa shape index (κ1) is 23.7.